The summed E-state index contributed by atoms with van der Waals surface area (Å²) in [6.07, 6.45) is 19.4. The van der Waals surface area contributed by atoms with Crippen LogP contribution in [0.25, 0.3) is 0 Å². The summed E-state index contributed by atoms with van der Waals surface area (Å²) in [6.45, 7) is 10.8. The summed E-state index contributed by atoms with van der Waals surface area (Å²) in [6, 6.07) is 0. The molecule has 0 atom stereocenters. The van der Waals surface area contributed by atoms with Gasteiger partial charge in [0.1, 0.15) is 0 Å². The second kappa shape index (κ2) is 12.5. The fourth-order valence-electron chi connectivity index (χ4n) is 3.53. The summed E-state index contributed by atoms with van der Waals surface area (Å²) in [5, 5.41) is 8.77. The van der Waals surface area contributed by atoms with E-state index in [0.29, 0.717) is 0 Å². The van der Waals surface area contributed by atoms with Crippen molar-refractivity contribution in [2.75, 3.05) is 0 Å². The van der Waals surface area contributed by atoms with Gasteiger partial charge in [-0.25, -0.2) is 4.79 Å². The van der Waals surface area contributed by atoms with Crippen LogP contribution in [-0.2, 0) is 4.79 Å². The summed E-state index contributed by atoms with van der Waals surface area (Å²) < 4.78 is 0. The van der Waals surface area contributed by atoms with Gasteiger partial charge in [-0.15, -0.1) is 0 Å². The van der Waals surface area contributed by atoms with Crippen LogP contribution >= 0.6 is 0 Å². The molecule has 1 rings (SSSR count). The lowest BCUT2D eigenvalue weighted by molar-refractivity contribution is -0.131. The van der Waals surface area contributed by atoms with E-state index in [2.05, 4.69) is 39.8 Å². The summed E-state index contributed by atoms with van der Waals surface area (Å²) in [5.74, 6) is -0.168. The molecule has 0 aliphatic heterocycles. The number of hydrogen-bond acceptors (Lipinski definition) is 1. The van der Waals surface area contributed by atoms with Crippen molar-refractivity contribution in [2.24, 2.45) is 5.92 Å². The summed E-state index contributed by atoms with van der Waals surface area (Å²) in [5.41, 5.74) is 6.81. The topological polar surface area (TPSA) is 37.3 Å². The van der Waals surface area contributed by atoms with Crippen LogP contribution in [0.1, 0.15) is 86.0 Å². The lowest BCUT2D eigenvalue weighted by Gasteiger charge is -2.24. The van der Waals surface area contributed by atoms with E-state index in [1.54, 1.807) is 18.1 Å². The van der Waals surface area contributed by atoms with Crippen LogP contribution in [0.4, 0.5) is 0 Å². The van der Waals surface area contributed by atoms with Crippen molar-refractivity contribution in [3.8, 4) is 0 Å². The molecule has 0 bridgehead atoms. The van der Waals surface area contributed by atoms with Gasteiger partial charge >= 0.3 is 5.97 Å². The molecular formula is C25H38O2. The smallest absolute Gasteiger partial charge is 0.328 e. The SMILES string of the molecule is CCCCC1=C(CCC(C)C)/C(=C/C(C)=C\C=C\C(C)=C\C(=O)O)CCC1. The molecule has 1 aliphatic rings. The maximum atomic E-state index is 10.7. The average molecular weight is 371 g/mol. The van der Waals surface area contributed by atoms with Crippen molar-refractivity contribution in [1.82, 2.24) is 0 Å². The normalized spacial score (nSPS) is 18.2. The number of aliphatic carboxylic acids is 1. The van der Waals surface area contributed by atoms with Gasteiger partial charge in [0, 0.05) is 6.08 Å². The molecular weight excluding hydrogens is 332 g/mol. The van der Waals surface area contributed by atoms with Crippen LogP contribution in [-0.4, -0.2) is 11.1 Å². The summed E-state index contributed by atoms with van der Waals surface area (Å²) in [7, 11) is 0. The van der Waals surface area contributed by atoms with E-state index >= 15 is 0 Å². The fraction of sp³-hybridized carbons (Fsp3) is 0.560. The molecule has 0 spiro atoms. The van der Waals surface area contributed by atoms with Gasteiger partial charge in [0.05, 0.1) is 0 Å². The Bertz CT molecular complexity index is 639. The molecule has 1 aliphatic carbocycles. The third-order valence-electron chi connectivity index (χ3n) is 5.01. The quantitative estimate of drug-likeness (QED) is 0.318. The minimum Gasteiger partial charge on any atom is -0.478 e. The zero-order chi connectivity index (χ0) is 20.2. The van der Waals surface area contributed by atoms with Gasteiger partial charge in [-0.05, 0) is 81.4 Å². The first-order valence-corrected chi connectivity index (χ1v) is 10.5. The van der Waals surface area contributed by atoms with Gasteiger partial charge in [-0.3, -0.25) is 0 Å². The first-order valence-electron chi connectivity index (χ1n) is 10.5. The van der Waals surface area contributed by atoms with E-state index in [0.717, 1.165) is 11.5 Å². The maximum Gasteiger partial charge on any atom is 0.328 e. The molecule has 27 heavy (non-hydrogen) atoms. The second-order valence-corrected chi connectivity index (χ2v) is 8.14. The highest BCUT2D eigenvalue weighted by Crippen LogP contribution is 2.36. The molecule has 1 N–H and O–H groups in total. The predicted molar refractivity (Wildman–Crippen MR) is 117 cm³/mol. The number of unbranched alkanes of at least 4 members (excludes halogenated alkanes) is 1. The number of carboxylic acids is 1. The molecule has 0 aromatic heterocycles. The van der Waals surface area contributed by atoms with Crippen molar-refractivity contribution >= 4 is 5.97 Å². The Hall–Kier alpha value is -1.83. The van der Waals surface area contributed by atoms with E-state index in [1.807, 2.05) is 12.2 Å². The zero-order valence-corrected chi connectivity index (χ0v) is 18.0. The van der Waals surface area contributed by atoms with Crippen LogP contribution in [0.3, 0.4) is 0 Å². The second-order valence-electron chi connectivity index (χ2n) is 8.14. The Labute approximate surface area is 166 Å². The van der Waals surface area contributed by atoms with Crippen LogP contribution in [0.5, 0.6) is 0 Å². The number of rotatable bonds is 10. The Balaban J connectivity index is 3.01. The molecule has 0 aromatic rings. The summed E-state index contributed by atoms with van der Waals surface area (Å²) in [4.78, 5) is 10.7. The van der Waals surface area contributed by atoms with E-state index in [-0.39, 0.29) is 0 Å². The molecule has 0 unspecified atom stereocenters. The minimum atomic E-state index is -0.901. The van der Waals surface area contributed by atoms with E-state index < -0.39 is 5.97 Å². The molecule has 0 heterocycles. The summed E-state index contributed by atoms with van der Waals surface area (Å²) >= 11 is 0. The molecule has 0 amide bonds. The van der Waals surface area contributed by atoms with Crippen molar-refractivity contribution < 1.29 is 9.90 Å². The largest absolute Gasteiger partial charge is 0.478 e. The third kappa shape index (κ3) is 9.60. The molecule has 0 fully saturated rings. The van der Waals surface area contributed by atoms with E-state index in [1.165, 1.54) is 68.6 Å². The molecule has 0 saturated heterocycles. The number of carbonyl (C=O) groups is 1. The number of carboxylic acid groups (broad SMARTS) is 1. The van der Waals surface area contributed by atoms with Gasteiger partial charge in [0.15, 0.2) is 0 Å². The number of hydrogen-bond donors (Lipinski definition) is 1. The van der Waals surface area contributed by atoms with Crippen LogP contribution < -0.4 is 0 Å². The van der Waals surface area contributed by atoms with Gasteiger partial charge in [-0.1, -0.05) is 62.6 Å². The molecule has 2 heteroatoms. The maximum absolute atomic E-state index is 10.7. The lowest BCUT2D eigenvalue weighted by Crippen LogP contribution is -2.06. The monoisotopic (exact) mass is 370 g/mol. The molecule has 0 radical (unpaired) electrons. The predicted octanol–water partition coefficient (Wildman–Crippen LogP) is 7.55. The molecule has 0 aromatic carbocycles. The van der Waals surface area contributed by atoms with Gasteiger partial charge in [0.25, 0.3) is 0 Å². The Morgan fingerprint density at radius 3 is 2.52 bits per heavy atom. The average Bonchev–Trinajstić information content (AvgIpc) is 2.58. The van der Waals surface area contributed by atoms with E-state index in [9.17, 15) is 4.79 Å². The highest BCUT2D eigenvalue weighted by molar-refractivity contribution is 5.81. The Morgan fingerprint density at radius 2 is 1.89 bits per heavy atom. The van der Waals surface area contributed by atoms with Crippen molar-refractivity contribution in [3.63, 3.8) is 0 Å². The Kier molecular flexibility index (Phi) is 10.8. The Morgan fingerprint density at radius 1 is 1.15 bits per heavy atom. The lowest BCUT2D eigenvalue weighted by atomic mass is 9.81. The molecule has 150 valence electrons. The van der Waals surface area contributed by atoms with Crippen LogP contribution in [0.15, 0.2) is 58.2 Å². The standard InChI is InChI=1S/C25H38O2/c1-6-7-12-22-13-9-14-23(24(22)16-15-19(2)3)17-20(4)10-8-11-21(5)18-25(26)27/h8,10-11,17-19H,6-7,9,12-16H2,1-5H3,(H,26,27)/b11-8+,20-10-,21-18+,23-17+. The molecule has 2 nitrogen and oxygen atoms in total. The fourth-order valence-corrected chi connectivity index (χ4v) is 3.53. The van der Waals surface area contributed by atoms with Crippen molar-refractivity contribution in [2.45, 2.75) is 86.0 Å². The van der Waals surface area contributed by atoms with Crippen LogP contribution in [0, 0.1) is 5.92 Å². The molecule has 0 saturated carbocycles. The highest BCUT2D eigenvalue weighted by atomic mass is 16.4. The van der Waals surface area contributed by atoms with Crippen molar-refractivity contribution in [1.29, 1.82) is 0 Å². The zero-order valence-electron chi connectivity index (χ0n) is 18.0. The first kappa shape index (κ1) is 23.2. The van der Waals surface area contributed by atoms with E-state index in [4.69, 9.17) is 5.11 Å². The van der Waals surface area contributed by atoms with Crippen LogP contribution in [0.2, 0.25) is 0 Å². The van der Waals surface area contributed by atoms with Gasteiger partial charge in [-0.2, -0.15) is 0 Å². The third-order valence-corrected chi connectivity index (χ3v) is 5.01. The van der Waals surface area contributed by atoms with Gasteiger partial charge in [0.2, 0.25) is 0 Å². The highest BCUT2D eigenvalue weighted by Gasteiger charge is 2.17. The number of allylic oxidation sites excluding steroid dienone is 9. The van der Waals surface area contributed by atoms with Gasteiger partial charge < -0.3 is 5.11 Å². The minimum absolute atomic E-state index is 0.733. The van der Waals surface area contributed by atoms with Crippen molar-refractivity contribution in [3.05, 3.63) is 58.2 Å². The first-order chi connectivity index (χ1) is 12.8.